The lowest BCUT2D eigenvalue weighted by Crippen LogP contribution is -2.41. The van der Waals surface area contributed by atoms with E-state index >= 15 is 0 Å². The molecule has 0 spiro atoms. The molecule has 10 nitrogen and oxygen atoms in total. The highest BCUT2D eigenvalue weighted by Gasteiger charge is 2.64. The van der Waals surface area contributed by atoms with Crippen LogP contribution in [0.2, 0.25) is 0 Å². The number of anilines is 1. The maximum atomic E-state index is 13.5. The monoisotopic (exact) mass is 582 g/mol. The van der Waals surface area contributed by atoms with E-state index in [0.29, 0.717) is 48.1 Å². The molecule has 4 heterocycles. The molecule has 1 aliphatic carbocycles. The van der Waals surface area contributed by atoms with E-state index in [1.54, 1.807) is 53.8 Å². The SMILES string of the molecule is Cc1cn(C)cc1S(=O)(=O)NC(=O)c1ccc(-n2ccc(OCC3C(C)(C)C3(C)C)n2)nc1N1C[C@@H](C)CC1(C)C. The van der Waals surface area contributed by atoms with E-state index in [-0.39, 0.29) is 26.8 Å². The maximum Gasteiger partial charge on any atom is 0.268 e. The second-order valence-corrected chi connectivity index (χ2v) is 15.2. The van der Waals surface area contributed by atoms with E-state index in [1.165, 1.54) is 6.20 Å². The third kappa shape index (κ3) is 5.13. The number of aryl methyl sites for hydroxylation is 2. The second kappa shape index (κ2) is 9.61. The number of ether oxygens (including phenoxy) is 1. The summed E-state index contributed by atoms with van der Waals surface area (Å²) in [5.74, 6) is 1.54. The van der Waals surface area contributed by atoms with Gasteiger partial charge in [0.05, 0.1) is 12.2 Å². The first kappa shape index (κ1) is 29.2. The van der Waals surface area contributed by atoms with Crippen LogP contribution in [0.15, 0.2) is 41.7 Å². The standard InChI is InChI=1S/C30H42N6O4S/c1-19-14-28(3,4)35(15-19)26-21(27(37)33-41(38,39)22-17-34(9)16-20(22)2)10-11-24(31-26)36-13-12-25(32-36)40-18-23-29(5,6)30(23,7)8/h10-13,16-17,19,23H,14-15,18H2,1-9H3,(H,33,37)/t19-/m0/s1. The molecule has 1 atom stereocenters. The third-order valence-corrected chi connectivity index (χ3v) is 11.0. The van der Waals surface area contributed by atoms with Gasteiger partial charge in [0.15, 0.2) is 5.82 Å². The summed E-state index contributed by atoms with van der Waals surface area (Å²) < 4.78 is 37.9. The van der Waals surface area contributed by atoms with Crippen LogP contribution in [0.25, 0.3) is 5.82 Å². The van der Waals surface area contributed by atoms with Crippen LogP contribution in [0, 0.1) is 29.6 Å². The van der Waals surface area contributed by atoms with Gasteiger partial charge in [0, 0.05) is 49.7 Å². The van der Waals surface area contributed by atoms with Gasteiger partial charge in [-0.25, -0.2) is 22.8 Å². The summed E-state index contributed by atoms with van der Waals surface area (Å²) in [6, 6.07) is 5.10. The number of rotatable bonds is 8. The van der Waals surface area contributed by atoms with Crippen LogP contribution in [0.1, 0.15) is 70.8 Å². The average Bonchev–Trinajstić information content (AvgIpc) is 3.38. The van der Waals surface area contributed by atoms with Gasteiger partial charge in [0.25, 0.3) is 15.9 Å². The highest BCUT2D eigenvalue weighted by Crippen LogP contribution is 2.68. The van der Waals surface area contributed by atoms with Crippen molar-refractivity contribution < 1.29 is 17.9 Å². The van der Waals surface area contributed by atoms with Crippen LogP contribution in [-0.4, -0.2) is 52.3 Å². The highest BCUT2D eigenvalue weighted by molar-refractivity contribution is 7.90. The minimum atomic E-state index is -4.08. The number of hydrogen-bond donors (Lipinski definition) is 1. The Morgan fingerprint density at radius 2 is 1.78 bits per heavy atom. The van der Waals surface area contributed by atoms with E-state index in [9.17, 15) is 13.2 Å². The molecular formula is C30H42N6O4S. The number of carbonyl (C=O) groups excluding carboxylic acids is 1. The van der Waals surface area contributed by atoms with Crippen molar-refractivity contribution in [3.8, 4) is 11.7 Å². The summed E-state index contributed by atoms with van der Waals surface area (Å²) in [5, 5.41) is 4.60. The molecule has 3 aromatic rings. The van der Waals surface area contributed by atoms with Gasteiger partial charge in [-0.2, -0.15) is 0 Å². The van der Waals surface area contributed by atoms with Gasteiger partial charge in [0.2, 0.25) is 5.88 Å². The van der Waals surface area contributed by atoms with Crippen LogP contribution in [0.3, 0.4) is 0 Å². The molecule has 0 radical (unpaired) electrons. The number of nitrogens with one attached hydrogen (secondary N) is 1. The Labute approximate surface area is 243 Å². The Hall–Kier alpha value is -3.34. The van der Waals surface area contributed by atoms with Crippen molar-refractivity contribution in [2.45, 2.75) is 72.2 Å². The van der Waals surface area contributed by atoms with E-state index in [2.05, 4.69) is 63.2 Å². The van der Waals surface area contributed by atoms with Gasteiger partial charge in [-0.1, -0.05) is 34.6 Å². The lowest BCUT2D eigenvalue weighted by Gasteiger charge is -2.34. The lowest BCUT2D eigenvalue weighted by molar-refractivity contribution is 0.0981. The Bertz CT molecular complexity index is 1590. The maximum absolute atomic E-state index is 13.5. The minimum absolute atomic E-state index is 0.0663. The Balaban J connectivity index is 1.44. The summed E-state index contributed by atoms with van der Waals surface area (Å²) in [4.78, 5) is 20.6. The normalized spacial score (nSPS) is 21.2. The fourth-order valence-corrected chi connectivity index (χ4v) is 7.79. The summed E-state index contributed by atoms with van der Waals surface area (Å²) in [6.07, 6.45) is 5.88. The number of aromatic nitrogens is 4. The van der Waals surface area contributed by atoms with Crippen molar-refractivity contribution >= 4 is 21.7 Å². The van der Waals surface area contributed by atoms with Crippen molar-refractivity contribution in [2.75, 3.05) is 18.1 Å². The topological polar surface area (TPSA) is 111 Å². The average molecular weight is 583 g/mol. The second-order valence-electron chi connectivity index (χ2n) is 13.6. The molecule has 1 aliphatic heterocycles. The number of amides is 1. The van der Waals surface area contributed by atoms with Crippen molar-refractivity contribution in [1.29, 1.82) is 0 Å². The first-order valence-electron chi connectivity index (χ1n) is 14.1. The quantitative estimate of drug-likeness (QED) is 0.409. The molecule has 2 fully saturated rings. The van der Waals surface area contributed by atoms with Crippen LogP contribution < -0.4 is 14.4 Å². The summed E-state index contributed by atoms with van der Waals surface area (Å²) in [5.41, 5.74) is 0.900. The van der Waals surface area contributed by atoms with E-state index < -0.39 is 15.9 Å². The summed E-state index contributed by atoms with van der Waals surface area (Å²) in [6.45, 7) is 18.4. The van der Waals surface area contributed by atoms with Crippen LogP contribution in [0.5, 0.6) is 5.88 Å². The smallest absolute Gasteiger partial charge is 0.268 e. The van der Waals surface area contributed by atoms with Crippen molar-refractivity contribution in [3.05, 3.63) is 47.9 Å². The molecule has 1 N–H and O–H groups in total. The van der Waals surface area contributed by atoms with Crippen molar-refractivity contribution in [3.63, 3.8) is 0 Å². The van der Waals surface area contributed by atoms with Crippen molar-refractivity contribution in [2.24, 2.45) is 29.7 Å². The van der Waals surface area contributed by atoms with E-state index in [1.807, 2.05) is 0 Å². The van der Waals surface area contributed by atoms with Gasteiger partial charge in [0.1, 0.15) is 10.7 Å². The van der Waals surface area contributed by atoms with Gasteiger partial charge in [-0.3, -0.25) is 4.79 Å². The molecule has 11 heteroatoms. The summed E-state index contributed by atoms with van der Waals surface area (Å²) in [7, 11) is -2.34. The molecule has 222 valence electrons. The molecule has 0 aromatic carbocycles. The van der Waals surface area contributed by atoms with Gasteiger partial charge in [-0.05, 0) is 61.6 Å². The molecule has 0 unspecified atom stereocenters. The fraction of sp³-hybridized carbons (Fsp3) is 0.567. The third-order valence-electron chi connectivity index (χ3n) is 9.57. The molecule has 3 aromatic heterocycles. The van der Waals surface area contributed by atoms with Crippen LogP contribution >= 0.6 is 0 Å². The molecule has 1 saturated carbocycles. The van der Waals surface area contributed by atoms with Crippen molar-refractivity contribution in [1.82, 2.24) is 24.1 Å². The first-order chi connectivity index (χ1) is 18.9. The summed E-state index contributed by atoms with van der Waals surface area (Å²) >= 11 is 0. The Morgan fingerprint density at radius 1 is 1.10 bits per heavy atom. The molecule has 1 saturated heterocycles. The van der Waals surface area contributed by atoms with Gasteiger partial charge >= 0.3 is 0 Å². The zero-order chi connectivity index (χ0) is 30.1. The predicted octanol–water partition coefficient (Wildman–Crippen LogP) is 4.72. The molecule has 41 heavy (non-hydrogen) atoms. The molecular weight excluding hydrogens is 540 g/mol. The molecule has 1 amide bonds. The number of pyridine rings is 1. The van der Waals surface area contributed by atoms with Crippen LogP contribution in [0.4, 0.5) is 5.82 Å². The minimum Gasteiger partial charge on any atom is -0.476 e. The number of carbonyl (C=O) groups is 1. The van der Waals surface area contributed by atoms with E-state index in [4.69, 9.17) is 9.72 Å². The predicted molar refractivity (Wildman–Crippen MR) is 158 cm³/mol. The lowest BCUT2D eigenvalue weighted by atomic mass is 9.97. The molecule has 2 aliphatic rings. The Kier molecular flexibility index (Phi) is 6.83. The molecule has 5 rings (SSSR count). The number of sulfonamides is 1. The van der Waals surface area contributed by atoms with Gasteiger partial charge in [-0.15, -0.1) is 5.10 Å². The number of hydrogen-bond acceptors (Lipinski definition) is 7. The van der Waals surface area contributed by atoms with Crippen LogP contribution in [-0.2, 0) is 17.1 Å². The zero-order valence-corrected chi connectivity index (χ0v) is 26.3. The highest BCUT2D eigenvalue weighted by atomic mass is 32.2. The van der Waals surface area contributed by atoms with Gasteiger partial charge < -0.3 is 14.2 Å². The zero-order valence-electron chi connectivity index (χ0n) is 25.5. The Morgan fingerprint density at radius 3 is 2.34 bits per heavy atom. The number of nitrogens with zero attached hydrogens (tertiary/aromatic N) is 5. The largest absolute Gasteiger partial charge is 0.476 e. The molecule has 0 bridgehead atoms. The fourth-order valence-electron chi connectivity index (χ4n) is 6.55. The van der Waals surface area contributed by atoms with E-state index in [0.717, 1.165) is 6.42 Å². The first-order valence-corrected chi connectivity index (χ1v) is 15.6.